The van der Waals surface area contributed by atoms with Crippen LogP contribution in [-0.2, 0) is 9.59 Å². The van der Waals surface area contributed by atoms with Gasteiger partial charge in [-0.1, -0.05) is 103 Å². The third kappa shape index (κ3) is 17.5. The first kappa shape index (κ1) is 27.9. The van der Waals surface area contributed by atoms with Gasteiger partial charge in [0.15, 0.2) is 0 Å². The van der Waals surface area contributed by atoms with Crippen molar-refractivity contribution in [3.8, 4) is 0 Å². The van der Waals surface area contributed by atoms with Crippen LogP contribution in [-0.4, -0.2) is 46.6 Å². The van der Waals surface area contributed by atoms with Gasteiger partial charge < -0.3 is 5.11 Å². The average Bonchev–Trinajstić information content (AvgIpc) is 2.67. The molecular weight excluding hydrogens is 364 g/mol. The van der Waals surface area contributed by atoms with Crippen LogP contribution in [0.5, 0.6) is 0 Å². The molecule has 0 unspecified atom stereocenters. The normalized spacial score (nSPS) is 11.2. The second-order valence-electron chi connectivity index (χ2n) is 8.23. The van der Waals surface area contributed by atoms with Crippen LogP contribution in [0.4, 0.5) is 0 Å². The quantitative estimate of drug-likeness (QED) is 0.180. The summed E-state index contributed by atoms with van der Waals surface area (Å²) in [5.74, 6) is -1.07. The van der Waals surface area contributed by atoms with Gasteiger partial charge in [-0.05, 0) is 13.3 Å². The highest BCUT2D eigenvalue weighted by Gasteiger charge is 2.18. The van der Waals surface area contributed by atoms with Crippen LogP contribution < -0.4 is 0 Å². The Labute approximate surface area is 180 Å². The fourth-order valence-corrected chi connectivity index (χ4v) is 3.78. The summed E-state index contributed by atoms with van der Waals surface area (Å²) in [7, 11) is 0. The van der Waals surface area contributed by atoms with Gasteiger partial charge in [-0.2, -0.15) is 0 Å². The largest absolute Gasteiger partial charge is 0.480 e. The molecule has 0 aromatic heterocycles. The number of rotatable bonds is 21. The van der Waals surface area contributed by atoms with E-state index in [4.69, 9.17) is 5.11 Å². The van der Waals surface area contributed by atoms with Gasteiger partial charge in [-0.15, -0.1) is 0 Å². The number of hydrogen-bond acceptors (Lipinski definition) is 3. The minimum Gasteiger partial charge on any atom is -0.480 e. The van der Waals surface area contributed by atoms with Crippen LogP contribution in [0.2, 0.25) is 0 Å². The van der Waals surface area contributed by atoms with E-state index < -0.39 is 5.97 Å². The molecule has 0 aliphatic rings. The van der Waals surface area contributed by atoms with Crippen molar-refractivity contribution in [1.29, 1.82) is 0 Å². The molecule has 0 rings (SSSR count). The Kier molecular flexibility index (Phi) is 19.4. The van der Waals surface area contributed by atoms with Crippen LogP contribution in [0.15, 0.2) is 0 Å². The lowest BCUT2D eigenvalue weighted by atomic mass is 10.0. The first-order chi connectivity index (χ1) is 14.0. The summed E-state index contributed by atoms with van der Waals surface area (Å²) in [5, 5.41) is 12.1. The Hall–Kier alpha value is -1.10. The van der Waals surface area contributed by atoms with Gasteiger partial charge in [0.25, 0.3) is 0 Å². The zero-order chi connectivity index (χ0) is 21.7. The Morgan fingerprint density at radius 3 is 1.41 bits per heavy atom. The summed E-state index contributed by atoms with van der Waals surface area (Å²) < 4.78 is 0. The number of carbonyl (C=O) groups is 2. The lowest BCUT2D eigenvalue weighted by Crippen LogP contribution is -2.48. The summed E-state index contributed by atoms with van der Waals surface area (Å²) in [6, 6.07) is 0. The van der Waals surface area contributed by atoms with Gasteiger partial charge >= 0.3 is 5.97 Å². The van der Waals surface area contributed by atoms with Crippen molar-refractivity contribution >= 4 is 11.9 Å². The number of carboxylic acid groups (broad SMARTS) is 1. The predicted molar refractivity (Wildman–Crippen MR) is 121 cm³/mol. The second-order valence-corrected chi connectivity index (χ2v) is 8.23. The van der Waals surface area contributed by atoms with Crippen molar-refractivity contribution in [2.75, 3.05) is 19.6 Å². The number of carboxylic acids is 1. The summed E-state index contributed by atoms with van der Waals surface area (Å²) in [6.07, 6.45) is 21.0. The number of unbranched alkanes of at least 4 members (excludes halogenated alkanes) is 15. The molecular formula is C24H47N2O3. The van der Waals surface area contributed by atoms with E-state index in [1.54, 1.807) is 5.01 Å². The summed E-state index contributed by atoms with van der Waals surface area (Å²) in [6.45, 7) is 8.17. The fourth-order valence-electron chi connectivity index (χ4n) is 3.78. The summed E-state index contributed by atoms with van der Waals surface area (Å²) >= 11 is 0. The van der Waals surface area contributed by atoms with Gasteiger partial charge in [-0.3, -0.25) is 14.6 Å². The van der Waals surface area contributed by atoms with Crippen LogP contribution >= 0.6 is 0 Å². The molecule has 5 heteroatoms. The molecule has 1 radical (unpaired) electrons. The van der Waals surface area contributed by atoms with Gasteiger partial charge in [0.2, 0.25) is 5.91 Å². The molecule has 0 atom stereocenters. The third-order valence-corrected chi connectivity index (χ3v) is 5.50. The zero-order valence-corrected chi connectivity index (χ0v) is 19.3. The smallest absolute Gasteiger partial charge is 0.319 e. The Bertz CT molecular complexity index is 402. The van der Waals surface area contributed by atoms with E-state index in [0.717, 1.165) is 12.8 Å². The summed E-state index contributed by atoms with van der Waals surface area (Å²) in [4.78, 5) is 22.6. The highest BCUT2D eigenvalue weighted by atomic mass is 16.4. The first-order valence-electron chi connectivity index (χ1n) is 12.1. The minimum absolute atomic E-state index is 0.145. The minimum atomic E-state index is -0.916. The molecule has 0 aromatic carbocycles. The predicted octanol–water partition coefficient (Wildman–Crippen LogP) is 6.23. The van der Waals surface area contributed by atoms with Crippen molar-refractivity contribution in [2.24, 2.45) is 0 Å². The van der Waals surface area contributed by atoms with E-state index in [9.17, 15) is 9.59 Å². The maximum atomic E-state index is 11.6. The molecule has 171 valence electrons. The maximum Gasteiger partial charge on any atom is 0.319 e. The molecule has 0 aliphatic heterocycles. The number of aliphatic carboxylic acids is 1. The van der Waals surface area contributed by atoms with E-state index in [0.29, 0.717) is 6.54 Å². The van der Waals surface area contributed by atoms with Crippen molar-refractivity contribution in [3.05, 3.63) is 6.92 Å². The maximum absolute atomic E-state index is 11.6. The SMILES string of the molecule is [CH2]CN(C(C)=O)N(CCCCCCCCCCCCCCCCCC)CC(=O)O. The Morgan fingerprint density at radius 2 is 1.10 bits per heavy atom. The Morgan fingerprint density at radius 1 is 0.724 bits per heavy atom. The van der Waals surface area contributed by atoms with Crippen molar-refractivity contribution in [1.82, 2.24) is 10.0 Å². The van der Waals surface area contributed by atoms with Gasteiger partial charge in [0.1, 0.15) is 6.54 Å². The number of hydrogen-bond donors (Lipinski definition) is 1. The highest BCUT2D eigenvalue weighted by Crippen LogP contribution is 2.14. The standard InChI is InChI=1S/C24H47N2O3/c1-4-6-7-8-9-10-11-12-13-14-15-16-17-18-19-20-21-25(22-24(28)29)26(5-2)23(3)27/h2,4-22H2,1,3H3,(H,28,29). The summed E-state index contributed by atoms with van der Waals surface area (Å²) in [5.41, 5.74) is 0. The number of hydrazine groups is 1. The van der Waals surface area contributed by atoms with Crippen molar-refractivity contribution in [3.63, 3.8) is 0 Å². The van der Waals surface area contributed by atoms with Gasteiger partial charge in [0.05, 0.1) is 0 Å². The third-order valence-electron chi connectivity index (χ3n) is 5.50. The van der Waals surface area contributed by atoms with Crippen molar-refractivity contribution in [2.45, 2.75) is 117 Å². The molecule has 0 saturated carbocycles. The molecule has 29 heavy (non-hydrogen) atoms. The second kappa shape index (κ2) is 20.2. The van der Waals surface area contributed by atoms with Crippen LogP contribution in [0.1, 0.15) is 117 Å². The van der Waals surface area contributed by atoms with E-state index in [2.05, 4.69) is 13.8 Å². The van der Waals surface area contributed by atoms with Crippen molar-refractivity contribution < 1.29 is 14.7 Å². The van der Waals surface area contributed by atoms with Gasteiger partial charge in [0, 0.05) is 20.0 Å². The van der Waals surface area contributed by atoms with E-state index in [1.807, 2.05) is 0 Å². The highest BCUT2D eigenvalue weighted by molar-refractivity contribution is 5.74. The van der Waals surface area contributed by atoms with Gasteiger partial charge in [-0.25, -0.2) is 5.01 Å². The van der Waals surface area contributed by atoms with E-state index >= 15 is 0 Å². The van der Waals surface area contributed by atoms with E-state index in [-0.39, 0.29) is 19.0 Å². The lowest BCUT2D eigenvalue weighted by molar-refractivity contribution is -0.153. The molecule has 0 bridgehead atoms. The monoisotopic (exact) mass is 411 g/mol. The van der Waals surface area contributed by atoms with Crippen LogP contribution in [0.25, 0.3) is 0 Å². The Balaban J connectivity index is 3.54. The molecule has 1 N–H and O–H groups in total. The first-order valence-corrected chi connectivity index (χ1v) is 12.1. The number of amides is 1. The van der Waals surface area contributed by atoms with E-state index in [1.165, 1.54) is 102 Å². The molecule has 5 nitrogen and oxygen atoms in total. The average molecular weight is 412 g/mol. The zero-order valence-electron chi connectivity index (χ0n) is 19.3. The fraction of sp³-hybridized carbons (Fsp3) is 0.875. The molecule has 0 aliphatic carbocycles. The van der Waals surface area contributed by atoms with Crippen LogP contribution in [0, 0.1) is 6.92 Å². The lowest BCUT2D eigenvalue weighted by Gasteiger charge is -2.32. The molecule has 0 saturated heterocycles. The molecule has 0 spiro atoms. The topological polar surface area (TPSA) is 60.9 Å². The molecule has 1 amide bonds. The number of carbonyl (C=O) groups excluding carboxylic acids is 1. The number of nitrogens with zero attached hydrogens (tertiary/aromatic N) is 2. The molecule has 0 fully saturated rings. The molecule has 0 heterocycles. The van der Waals surface area contributed by atoms with Crippen LogP contribution in [0.3, 0.4) is 0 Å². The molecule has 0 aromatic rings.